The Bertz CT molecular complexity index is 494. The minimum Gasteiger partial charge on any atom is -0.291 e. The van der Waals surface area contributed by atoms with Gasteiger partial charge < -0.3 is 0 Å². The topological polar surface area (TPSA) is 70.1 Å². The first kappa shape index (κ1) is 12.8. The number of H-pyrrole nitrogens is 1. The van der Waals surface area contributed by atoms with Gasteiger partial charge in [-0.3, -0.25) is 9.78 Å². The Hall–Kier alpha value is -1.65. The van der Waals surface area contributed by atoms with Crippen molar-refractivity contribution < 1.29 is 0 Å². The van der Waals surface area contributed by atoms with Crippen LogP contribution >= 0.6 is 0 Å². The molecule has 2 atom stereocenters. The van der Waals surface area contributed by atoms with Crippen LogP contribution < -0.4 is 11.0 Å². The zero-order chi connectivity index (χ0) is 13.1. The normalized spacial score (nSPS) is 26.3. The lowest BCUT2D eigenvalue weighted by Crippen LogP contribution is -2.26. The average molecular weight is 248 g/mol. The van der Waals surface area contributed by atoms with Crippen LogP contribution in [0.15, 0.2) is 16.0 Å². The van der Waals surface area contributed by atoms with Gasteiger partial charge in [0.05, 0.1) is 0 Å². The second-order valence-corrected chi connectivity index (χ2v) is 5.12. The number of nitrogens with one attached hydrogen (secondary N) is 2. The van der Waals surface area contributed by atoms with Crippen LogP contribution in [0.2, 0.25) is 0 Å². The van der Waals surface area contributed by atoms with Crippen molar-refractivity contribution in [2.24, 2.45) is 16.9 Å². The van der Waals surface area contributed by atoms with Crippen LogP contribution in [-0.4, -0.2) is 15.7 Å². The summed E-state index contributed by atoms with van der Waals surface area (Å²) in [6.07, 6.45) is 3.63. The summed E-state index contributed by atoms with van der Waals surface area (Å²) >= 11 is 0. The summed E-state index contributed by atoms with van der Waals surface area (Å²) in [6.45, 7) is 6.19. The highest BCUT2D eigenvalue weighted by Gasteiger charge is 2.22. The predicted molar refractivity (Wildman–Crippen MR) is 72.8 cm³/mol. The maximum atomic E-state index is 11.3. The van der Waals surface area contributed by atoms with Crippen molar-refractivity contribution in [2.75, 3.05) is 5.43 Å². The fourth-order valence-electron chi connectivity index (χ4n) is 2.48. The molecule has 0 spiro atoms. The number of aryl methyl sites for hydroxylation is 1. The number of hydrazone groups is 1. The molecule has 98 valence electrons. The lowest BCUT2D eigenvalue weighted by Gasteiger charge is -2.26. The first-order valence-corrected chi connectivity index (χ1v) is 6.47. The molecule has 1 fully saturated rings. The summed E-state index contributed by atoms with van der Waals surface area (Å²) < 4.78 is 0. The molecule has 1 aliphatic rings. The zero-order valence-corrected chi connectivity index (χ0v) is 11.2. The molecule has 1 aromatic heterocycles. The Balaban J connectivity index is 2.16. The quantitative estimate of drug-likeness (QED) is 0.789. The van der Waals surface area contributed by atoms with Gasteiger partial charge in [-0.1, -0.05) is 20.3 Å². The molecule has 0 bridgehead atoms. The Kier molecular flexibility index (Phi) is 3.79. The van der Waals surface area contributed by atoms with E-state index in [0.29, 0.717) is 23.5 Å². The Labute approximate surface area is 107 Å². The van der Waals surface area contributed by atoms with Crippen LogP contribution in [0, 0.1) is 18.8 Å². The second kappa shape index (κ2) is 5.33. The molecule has 2 N–H and O–H groups in total. The lowest BCUT2D eigenvalue weighted by atomic mass is 9.81. The second-order valence-electron chi connectivity index (χ2n) is 5.12. The molecular weight excluding hydrogens is 228 g/mol. The van der Waals surface area contributed by atoms with Crippen molar-refractivity contribution in [1.29, 1.82) is 0 Å². The van der Waals surface area contributed by atoms with Gasteiger partial charge in [0.2, 0.25) is 5.95 Å². The molecule has 0 aromatic carbocycles. The maximum absolute atomic E-state index is 11.3. The Morgan fingerprint density at radius 2 is 2.06 bits per heavy atom. The maximum Gasteiger partial charge on any atom is 0.252 e. The molecule has 1 aliphatic carbocycles. The van der Waals surface area contributed by atoms with Crippen LogP contribution in [0.3, 0.4) is 0 Å². The summed E-state index contributed by atoms with van der Waals surface area (Å²) in [4.78, 5) is 18.1. The van der Waals surface area contributed by atoms with Gasteiger partial charge in [0, 0.05) is 17.5 Å². The van der Waals surface area contributed by atoms with Crippen LogP contribution in [-0.2, 0) is 0 Å². The molecule has 5 nitrogen and oxygen atoms in total. The largest absolute Gasteiger partial charge is 0.291 e. The smallest absolute Gasteiger partial charge is 0.252 e. The SMILES string of the molecule is Cc1cc(=O)[nH]c(NN=C2[C@H](C)CCC[C@@H]2C)n1. The number of aromatic nitrogens is 2. The number of aromatic amines is 1. The fraction of sp³-hybridized carbons (Fsp3) is 0.615. The minimum absolute atomic E-state index is 0.157. The standard InChI is InChI=1S/C13H20N4O/c1-8-5-4-6-9(2)12(8)16-17-13-14-10(3)7-11(18)15-13/h7-9H,4-6H2,1-3H3,(H2,14,15,17,18)/t8-,9+. The summed E-state index contributed by atoms with van der Waals surface area (Å²) in [7, 11) is 0. The molecule has 0 aliphatic heterocycles. The first-order chi connectivity index (χ1) is 8.56. The van der Waals surface area contributed by atoms with Gasteiger partial charge in [-0.2, -0.15) is 5.10 Å². The van der Waals surface area contributed by atoms with Crippen molar-refractivity contribution in [3.05, 3.63) is 22.1 Å². The van der Waals surface area contributed by atoms with Crippen molar-refractivity contribution in [2.45, 2.75) is 40.0 Å². The van der Waals surface area contributed by atoms with E-state index in [-0.39, 0.29) is 5.56 Å². The van der Waals surface area contributed by atoms with Gasteiger partial charge in [0.1, 0.15) is 0 Å². The molecule has 1 saturated carbocycles. The van der Waals surface area contributed by atoms with Gasteiger partial charge in [-0.25, -0.2) is 10.4 Å². The number of hydrogen-bond donors (Lipinski definition) is 2. The number of anilines is 1. The van der Waals surface area contributed by atoms with Gasteiger partial charge in [-0.05, 0) is 31.6 Å². The lowest BCUT2D eigenvalue weighted by molar-refractivity contribution is 0.486. The van der Waals surface area contributed by atoms with Crippen LogP contribution in [0.25, 0.3) is 0 Å². The summed E-state index contributed by atoms with van der Waals surface area (Å²) in [5.74, 6) is 1.41. The van der Waals surface area contributed by atoms with Crippen molar-refractivity contribution in [3.8, 4) is 0 Å². The van der Waals surface area contributed by atoms with E-state index in [4.69, 9.17) is 0 Å². The van der Waals surface area contributed by atoms with Gasteiger partial charge in [-0.15, -0.1) is 0 Å². The third-order valence-corrected chi connectivity index (χ3v) is 3.44. The van der Waals surface area contributed by atoms with E-state index in [2.05, 4.69) is 34.3 Å². The molecule has 0 unspecified atom stereocenters. The molecule has 0 saturated heterocycles. The molecule has 2 rings (SSSR count). The molecule has 0 radical (unpaired) electrons. The van der Waals surface area contributed by atoms with Gasteiger partial charge in [0.15, 0.2) is 0 Å². The van der Waals surface area contributed by atoms with E-state index in [1.54, 1.807) is 6.92 Å². The van der Waals surface area contributed by atoms with Crippen LogP contribution in [0.1, 0.15) is 38.8 Å². The van der Waals surface area contributed by atoms with Gasteiger partial charge >= 0.3 is 0 Å². The van der Waals surface area contributed by atoms with E-state index in [0.717, 1.165) is 0 Å². The number of nitrogens with zero attached hydrogens (tertiary/aromatic N) is 2. The number of hydrogen-bond acceptors (Lipinski definition) is 4. The third kappa shape index (κ3) is 2.97. The average Bonchev–Trinajstić information content (AvgIpc) is 2.27. The molecule has 0 amide bonds. The molecule has 1 aromatic rings. The molecule has 18 heavy (non-hydrogen) atoms. The monoisotopic (exact) mass is 248 g/mol. The van der Waals surface area contributed by atoms with Crippen molar-refractivity contribution >= 4 is 11.7 Å². The summed E-state index contributed by atoms with van der Waals surface area (Å²) in [5, 5.41) is 4.43. The van der Waals surface area contributed by atoms with E-state index in [1.807, 2.05) is 0 Å². The van der Waals surface area contributed by atoms with E-state index in [1.165, 1.54) is 31.0 Å². The highest BCUT2D eigenvalue weighted by atomic mass is 16.1. The van der Waals surface area contributed by atoms with Crippen molar-refractivity contribution in [1.82, 2.24) is 9.97 Å². The summed E-state index contributed by atoms with van der Waals surface area (Å²) in [5.41, 5.74) is 4.58. The van der Waals surface area contributed by atoms with Gasteiger partial charge in [0.25, 0.3) is 5.56 Å². The van der Waals surface area contributed by atoms with Crippen molar-refractivity contribution in [3.63, 3.8) is 0 Å². The Morgan fingerprint density at radius 1 is 1.39 bits per heavy atom. The van der Waals surface area contributed by atoms with E-state index >= 15 is 0 Å². The Morgan fingerprint density at radius 3 is 2.67 bits per heavy atom. The minimum atomic E-state index is -0.157. The van der Waals surface area contributed by atoms with Crippen LogP contribution in [0.4, 0.5) is 5.95 Å². The molecular formula is C13H20N4O. The highest BCUT2D eigenvalue weighted by molar-refractivity contribution is 5.89. The van der Waals surface area contributed by atoms with Crippen LogP contribution in [0.5, 0.6) is 0 Å². The fourth-order valence-corrected chi connectivity index (χ4v) is 2.48. The predicted octanol–water partition coefficient (Wildman–Crippen LogP) is 2.30. The third-order valence-electron chi connectivity index (χ3n) is 3.44. The van der Waals surface area contributed by atoms with E-state index < -0.39 is 0 Å². The summed E-state index contributed by atoms with van der Waals surface area (Å²) in [6, 6.07) is 1.46. The van der Waals surface area contributed by atoms with E-state index in [9.17, 15) is 4.79 Å². The number of rotatable bonds is 2. The highest BCUT2D eigenvalue weighted by Crippen LogP contribution is 2.26. The molecule has 5 heteroatoms. The first-order valence-electron chi connectivity index (χ1n) is 6.47. The molecule has 1 heterocycles. The zero-order valence-electron chi connectivity index (χ0n) is 11.2.